The molecule has 0 saturated heterocycles. The first kappa shape index (κ1) is 15.1. The van der Waals surface area contributed by atoms with Crippen molar-refractivity contribution in [3.63, 3.8) is 0 Å². The van der Waals surface area contributed by atoms with Gasteiger partial charge < -0.3 is 15.0 Å². The van der Waals surface area contributed by atoms with Crippen LogP contribution in [-0.2, 0) is 13.6 Å². The lowest BCUT2D eigenvalue weighted by molar-refractivity contribution is 0.0937. The van der Waals surface area contributed by atoms with Gasteiger partial charge in [-0.2, -0.15) is 5.10 Å². The third-order valence-corrected chi connectivity index (χ3v) is 4.01. The molecule has 3 rings (SSSR count). The van der Waals surface area contributed by atoms with E-state index in [4.69, 9.17) is 0 Å². The Balaban J connectivity index is 1.88. The van der Waals surface area contributed by atoms with E-state index in [9.17, 15) is 9.90 Å². The minimum atomic E-state index is -0.161. The maximum Gasteiger partial charge on any atom is 0.254 e. The molecule has 7 heteroatoms. The van der Waals surface area contributed by atoms with Gasteiger partial charge >= 0.3 is 0 Å². The molecule has 1 amide bonds. The highest BCUT2D eigenvalue weighted by atomic mass is 16.3. The number of phenolic OH excluding ortho intramolecular Hbond substituents is 1. The molecule has 1 unspecified atom stereocenters. The van der Waals surface area contributed by atoms with Gasteiger partial charge in [0.1, 0.15) is 18.4 Å². The minimum Gasteiger partial charge on any atom is -0.508 e. The first-order valence-electron chi connectivity index (χ1n) is 7.38. The summed E-state index contributed by atoms with van der Waals surface area (Å²) in [6.07, 6.45) is 3.08. The largest absolute Gasteiger partial charge is 0.508 e. The van der Waals surface area contributed by atoms with Crippen LogP contribution in [0, 0.1) is 6.92 Å². The van der Waals surface area contributed by atoms with E-state index >= 15 is 0 Å². The summed E-state index contributed by atoms with van der Waals surface area (Å²) in [5.74, 6) is -0.0147. The fraction of sp³-hybridized carbons (Fsp3) is 0.312. The second-order valence-electron chi connectivity index (χ2n) is 5.71. The third-order valence-electron chi connectivity index (χ3n) is 4.01. The summed E-state index contributed by atoms with van der Waals surface area (Å²) in [5, 5.41) is 17.5. The molecule has 0 saturated carbocycles. The normalized spacial score (nSPS) is 12.5. The molecule has 0 bridgehead atoms. The molecule has 23 heavy (non-hydrogen) atoms. The second-order valence-corrected chi connectivity index (χ2v) is 5.71. The van der Waals surface area contributed by atoms with Gasteiger partial charge in [-0.15, -0.1) is 0 Å². The van der Waals surface area contributed by atoms with Crippen LogP contribution in [0.4, 0.5) is 0 Å². The molecule has 1 atom stereocenters. The molecule has 7 nitrogen and oxygen atoms in total. The zero-order chi connectivity index (χ0) is 16.6. The lowest BCUT2D eigenvalue weighted by atomic mass is 10.1. The van der Waals surface area contributed by atoms with Gasteiger partial charge in [0, 0.05) is 29.7 Å². The monoisotopic (exact) mass is 313 g/mol. The maximum atomic E-state index is 12.7. The number of carbonyl (C=O) groups is 1. The minimum absolute atomic E-state index is 0.101. The van der Waals surface area contributed by atoms with Gasteiger partial charge in [0.25, 0.3) is 5.91 Å². The smallest absolute Gasteiger partial charge is 0.254 e. The van der Waals surface area contributed by atoms with E-state index in [0.29, 0.717) is 12.1 Å². The molecule has 0 aliphatic carbocycles. The summed E-state index contributed by atoms with van der Waals surface area (Å²) in [4.78, 5) is 16.6. The highest BCUT2D eigenvalue weighted by molar-refractivity contribution is 6.08. The van der Waals surface area contributed by atoms with Crippen LogP contribution in [0.1, 0.15) is 23.0 Å². The predicted octanol–water partition coefficient (Wildman–Crippen LogP) is 1.60. The number of amides is 1. The topological polar surface area (TPSA) is 85.0 Å². The zero-order valence-electron chi connectivity index (χ0n) is 13.3. The summed E-state index contributed by atoms with van der Waals surface area (Å²) in [7, 11) is 1.91. The Morgan fingerprint density at radius 1 is 1.43 bits per heavy atom. The molecule has 2 heterocycles. The molecule has 0 aliphatic heterocycles. The van der Waals surface area contributed by atoms with Crippen molar-refractivity contribution in [3.8, 4) is 5.75 Å². The van der Waals surface area contributed by atoms with Crippen LogP contribution in [-0.4, -0.2) is 36.4 Å². The van der Waals surface area contributed by atoms with Gasteiger partial charge in [-0.3, -0.25) is 9.48 Å². The number of hydrogen-bond donors (Lipinski definition) is 2. The Labute approximate surface area is 133 Å². The zero-order valence-corrected chi connectivity index (χ0v) is 13.3. The van der Waals surface area contributed by atoms with Crippen LogP contribution in [0.2, 0.25) is 0 Å². The molecule has 120 valence electrons. The number of benzene rings is 1. The lowest BCUT2D eigenvalue weighted by Crippen LogP contribution is -2.36. The number of carbonyl (C=O) groups excluding carboxylic acids is 1. The first-order valence-corrected chi connectivity index (χ1v) is 7.38. The maximum absolute atomic E-state index is 12.7. The molecule has 0 spiro atoms. The van der Waals surface area contributed by atoms with E-state index in [1.165, 1.54) is 6.33 Å². The van der Waals surface area contributed by atoms with Gasteiger partial charge in [0.15, 0.2) is 0 Å². The van der Waals surface area contributed by atoms with Crippen molar-refractivity contribution in [2.24, 2.45) is 7.05 Å². The molecular weight excluding hydrogens is 294 g/mol. The summed E-state index contributed by atoms with van der Waals surface area (Å²) < 4.78 is 3.62. The third kappa shape index (κ3) is 2.77. The number of phenols is 1. The van der Waals surface area contributed by atoms with Crippen molar-refractivity contribution in [2.75, 3.05) is 0 Å². The number of hydrogen-bond acceptors (Lipinski definition) is 4. The van der Waals surface area contributed by atoms with Crippen molar-refractivity contribution >= 4 is 16.8 Å². The van der Waals surface area contributed by atoms with E-state index < -0.39 is 0 Å². The number of fused-ring (bicyclic) bond motifs is 1. The summed E-state index contributed by atoms with van der Waals surface area (Å²) in [6, 6.07) is 4.96. The van der Waals surface area contributed by atoms with Gasteiger partial charge in [-0.1, -0.05) is 0 Å². The molecule has 2 N–H and O–H groups in total. The van der Waals surface area contributed by atoms with Crippen molar-refractivity contribution in [2.45, 2.75) is 26.4 Å². The number of aromatic nitrogens is 4. The standard InChI is InChI=1S/C16H19N5O2/c1-10(7-21-9-17-8-18-21)19-16(23)15-11(2)20(3)14-5-4-12(22)6-13(14)15/h4-6,8-10,22H,7H2,1-3H3,(H,19,23). The fourth-order valence-corrected chi connectivity index (χ4v) is 2.80. The Kier molecular flexibility index (Phi) is 3.77. The van der Waals surface area contributed by atoms with E-state index in [1.807, 2.05) is 31.5 Å². The number of nitrogens with zero attached hydrogens (tertiary/aromatic N) is 4. The van der Waals surface area contributed by atoms with Crippen LogP contribution in [0.3, 0.4) is 0 Å². The molecule has 3 aromatic rings. The van der Waals surface area contributed by atoms with Crippen molar-refractivity contribution in [1.29, 1.82) is 0 Å². The molecule has 2 aromatic heterocycles. The first-order chi connectivity index (χ1) is 11.0. The summed E-state index contributed by atoms with van der Waals surface area (Å²) >= 11 is 0. The summed E-state index contributed by atoms with van der Waals surface area (Å²) in [5.41, 5.74) is 2.36. The van der Waals surface area contributed by atoms with E-state index in [1.54, 1.807) is 23.1 Å². The highest BCUT2D eigenvalue weighted by Crippen LogP contribution is 2.28. The number of aryl methyl sites for hydroxylation is 1. The highest BCUT2D eigenvalue weighted by Gasteiger charge is 2.20. The average Bonchev–Trinajstić information content (AvgIpc) is 3.07. The quantitative estimate of drug-likeness (QED) is 0.766. The molecule has 0 radical (unpaired) electrons. The van der Waals surface area contributed by atoms with Crippen LogP contribution in [0.25, 0.3) is 10.9 Å². The number of aromatic hydroxyl groups is 1. The average molecular weight is 313 g/mol. The van der Waals surface area contributed by atoms with Gasteiger partial charge in [0.2, 0.25) is 0 Å². The van der Waals surface area contributed by atoms with E-state index in [-0.39, 0.29) is 17.7 Å². The van der Waals surface area contributed by atoms with E-state index in [2.05, 4.69) is 15.4 Å². The molecule has 0 fully saturated rings. The Bertz CT molecular complexity index is 851. The Morgan fingerprint density at radius 2 is 2.22 bits per heavy atom. The molecule has 0 aliphatic rings. The molecular formula is C16H19N5O2. The van der Waals surface area contributed by atoms with E-state index in [0.717, 1.165) is 16.6 Å². The van der Waals surface area contributed by atoms with Gasteiger partial charge in [-0.25, -0.2) is 4.98 Å². The predicted molar refractivity (Wildman–Crippen MR) is 86.3 cm³/mol. The van der Waals surface area contributed by atoms with Gasteiger partial charge in [-0.05, 0) is 32.0 Å². The van der Waals surface area contributed by atoms with Crippen LogP contribution >= 0.6 is 0 Å². The van der Waals surface area contributed by atoms with Crippen molar-refractivity contribution < 1.29 is 9.90 Å². The van der Waals surface area contributed by atoms with Crippen molar-refractivity contribution in [3.05, 3.63) is 42.1 Å². The summed E-state index contributed by atoms with van der Waals surface area (Å²) in [6.45, 7) is 4.35. The van der Waals surface area contributed by atoms with Crippen molar-refractivity contribution in [1.82, 2.24) is 24.6 Å². The Morgan fingerprint density at radius 3 is 2.91 bits per heavy atom. The van der Waals surface area contributed by atoms with Crippen LogP contribution in [0.15, 0.2) is 30.9 Å². The fourth-order valence-electron chi connectivity index (χ4n) is 2.80. The number of rotatable bonds is 4. The van der Waals surface area contributed by atoms with Gasteiger partial charge in [0.05, 0.1) is 12.1 Å². The molecule has 1 aromatic carbocycles. The SMILES string of the molecule is Cc1c(C(=O)NC(C)Cn2cncn2)c2cc(O)ccc2n1C. The lowest BCUT2D eigenvalue weighted by Gasteiger charge is -2.14. The Hall–Kier alpha value is -2.83. The number of nitrogens with one attached hydrogen (secondary N) is 1. The van der Waals surface area contributed by atoms with Crippen LogP contribution < -0.4 is 5.32 Å². The second kappa shape index (κ2) is 5.75. The van der Waals surface area contributed by atoms with Crippen LogP contribution in [0.5, 0.6) is 5.75 Å².